The second kappa shape index (κ2) is 5.78. The molecule has 0 aromatic heterocycles. The molecule has 3 amide bonds. The van der Waals surface area contributed by atoms with Crippen LogP contribution in [0, 0.1) is 0 Å². The first-order valence-electron chi connectivity index (χ1n) is 6.44. The van der Waals surface area contributed by atoms with E-state index in [9.17, 15) is 14.4 Å². The molecule has 0 saturated carbocycles. The molecule has 1 fully saturated rings. The number of amides is 3. The lowest BCUT2D eigenvalue weighted by Gasteiger charge is -2.31. The molecule has 1 heterocycles. The molecule has 1 unspecified atom stereocenters. The van der Waals surface area contributed by atoms with E-state index in [1.165, 1.54) is 19.9 Å². The summed E-state index contributed by atoms with van der Waals surface area (Å²) in [7, 11) is 1.56. The van der Waals surface area contributed by atoms with Gasteiger partial charge in [0.1, 0.15) is 17.5 Å². The van der Waals surface area contributed by atoms with Gasteiger partial charge in [-0.2, -0.15) is 0 Å². The summed E-state index contributed by atoms with van der Waals surface area (Å²) in [5, 5.41) is 2.53. The molecule has 1 aromatic rings. The van der Waals surface area contributed by atoms with Crippen molar-refractivity contribution in [2.75, 3.05) is 7.11 Å². The fourth-order valence-corrected chi connectivity index (χ4v) is 2.09. The maximum Gasteiger partial charge on any atom is 0.277 e. The SMILES string of the molecule is COc1ccc(/C=C2\NC(=O)C(C)N(C(C)=O)C2=O)cc1. The van der Waals surface area contributed by atoms with Crippen molar-refractivity contribution < 1.29 is 19.1 Å². The molecule has 1 aliphatic rings. The fourth-order valence-electron chi connectivity index (χ4n) is 2.09. The zero-order valence-electron chi connectivity index (χ0n) is 12.0. The topological polar surface area (TPSA) is 75.7 Å². The van der Waals surface area contributed by atoms with Crippen LogP contribution in [0.1, 0.15) is 19.4 Å². The highest BCUT2D eigenvalue weighted by molar-refractivity contribution is 6.13. The molecule has 1 aromatic carbocycles. The van der Waals surface area contributed by atoms with Crippen LogP contribution in [0.2, 0.25) is 0 Å². The summed E-state index contributed by atoms with van der Waals surface area (Å²) in [6.07, 6.45) is 1.53. The monoisotopic (exact) mass is 288 g/mol. The van der Waals surface area contributed by atoms with Gasteiger partial charge < -0.3 is 10.1 Å². The Morgan fingerprint density at radius 3 is 2.43 bits per heavy atom. The van der Waals surface area contributed by atoms with Gasteiger partial charge in [0.05, 0.1) is 7.11 Å². The summed E-state index contributed by atoms with van der Waals surface area (Å²) < 4.78 is 5.05. The maximum atomic E-state index is 12.2. The van der Waals surface area contributed by atoms with Gasteiger partial charge >= 0.3 is 0 Å². The van der Waals surface area contributed by atoms with Gasteiger partial charge in [0.15, 0.2) is 0 Å². The lowest BCUT2D eigenvalue weighted by molar-refractivity contribution is -0.151. The Kier molecular flexibility index (Phi) is 4.07. The van der Waals surface area contributed by atoms with Crippen molar-refractivity contribution in [2.45, 2.75) is 19.9 Å². The molecule has 0 aliphatic carbocycles. The summed E-state index contributed by atoms with van der Waals surface area (Å²) in [4.78, 5) is 36.6. The van der Waals surface area contributed by atoms with Crippen LogP contribution in [0.15, 0.2) is 30.0 Å². The van der Waals surface area contributed by atoms with Crippen molar-refractivity contribution in [2.24, 2.45) is 0 Å². The number of methoxy groups -OCH3 is 1. The van der Waals surface area contributed by atoms with Gasteiger partial charge in [-0.1, -0.05) is 12.1 Å². The molecule has 110 valence electrons. The lowest BCUT2D eigenvalue weighted by Crippen LogP contribution is -2.57. The van der Waals surface area contributed by atoms with Crippen LogP contribution >= 0.6 is 0 Å². The van der Waals surface area contributed by atoms with E-state index in [0.717, 1.165) is 10.5 Å². The molecule has 1 saturated heterocycles. The smallest absolute Gasteiger partial charge is 0.277 e. The van der Waals surface area contributed by atoms with Crippen LogP contribution < -0.4 is 10.1 Å². The van der Waals surface area contributed by atoms with E-state index in [1.54, 1.807) is 31.4 Å². The van der Waals surface area contributed by atoms with Crippen molar-refractivity contribution in [1.29, 1.82) is 0 Å². The van der Waals surface area contributed by atoms with Crippen LogP contribution in [-0.4, -0.2) is 35.8 Å². The molecular formula is C15H16N2O4. The second-order valence-electron chi connectivity index (χ2n) is 4.69. The lowest BCUT2D eigenvalue weighted by atomic mass is 10.1. The number of nitrogens with one attached hydrogen (secondary N) is 1. The Morgan fingerprint density at radius 1 is 1.29 bits per heavy atom. The number of carbonyl (C=O) groups is 3. The normalized spacial score (nSPS) is 20.4. The minimum atomic E-state index is -0.803. The van der Waals surface area contributed by atoms with Crippen LogP contribution in [0.5, 0.6) is 5.75 Å². The van der Waals surface area contributed by atoms with E-state index in [-0.39, 0.29) is 11.6 Å². The molecule has 6 heteroatoms. The van der Waals surface area contributed by atoms with Crippen LogP contribution in [0.3, 0.4) is 0 Å². The minimum Gasteiger partial charge on any atom is -0.497 e. The predicted molar refractivity (Wildman–Crippen MR) is 76.1 cm³/mol. The fraction of sp³-hybridized carbons (Fsp3) is 0.267. The number of nitrogens with zero attached hydrogens (tertiary/aromatic N) is 1. The third-order valence-corrected chi connectivity index (χ3v) is 3.24. The second-order valence-corrected chi connectivity index (χ2v) is 4.69. The number of hydrogen-bond acceptors (Lipinski definition) is 4. The number of piperazine rings is 1. The van der Waals surface area contributed by atoms with Gasteiger partial charge in [-0.3, -0.25) is 19.3 Å². The maximum absolute atomic E-state index is 12.2. The number of imide groups is 1. The van der Waals surface area contributed by atoms with Gasteiger partial charge in [0, 0.05) is 6.92 Å². The van der Waals surface area contributed by atoms with Crippen molar-refractivity contribution in [3.8, 4) is 5.75 Å². The Balaban J connectivity index is 2.33. The van der Waals surface area contributed by atoms with E-state index < -0.39 is 17.9 Å². The number of carbonyl (C=O) groups excluding carboxylic acids is 3. The minimum absolute atomic E-state index is 0.0819. The Morgan fingerprint density at radius 2 is 1.90 bits per heavy atom. The largest absolute Gasteiger partial charge is 0.497 e. The number of ether oxygens (including phenoxy) is 1. The Hall–Kier alpha value is -2.63. The van der Waals surface area contributed by atoms with E-state index in [0.29, 0.717) is 5.75 Å². The highest BCUT2D eigenvalue weighted by Gasteiger charge is 2.37. The van der Waals surface area contributed by atoms with Gasteiger partial charge in [-0.05, 0) is 30.7 Å². The van der Waals surface area contributed by atoms with Gasteiger partial charge in [-0.25, -0.2) is 0 Å². The van der Waals surface area contributed by atoms with E-state index in [4.69, 9.17) is 4.74 Å². The van der Waals surface area contributed by atoms with Crippen molar-refractivity contribution >= 4 is 23.8 Å². The van der Waals surface area contributed by atoms with Crippen molar-refractivity contribution in [3.63, 3.8) is 0 Å². The van der Waals surface area contributed by atoms with Crippen LogP contribution in [0.4, 0.5) is 0 Å². The van der Waals surface area contributed by atoms with Crippen molar-refractivity contribution in [3.05, 3.63) is 35.5 Å². The highest BCUT2D eigenvalue weighted by atomic mass is 16.5. The first kappa shape index (κ1) is 14.8. The van der Waals surface area contributed by atoms with Crippen LogP contribution in [-0.2, 0) is 14.4 Å². The molecule has 0 radical (unpaired) electrons. The summed E-state index contributed by atoms with van der Waals surface area (Å²) in [6, 6.07) is 6.19. The molecule has 2 rings (SSSR count). The molecular weight excluding hydrogens is 272 g/mol. The number of hydrogen-bond donors (Lipinski definition) is 1. The molecule has 1 N–H and O–H groups in total. The molecule has 21 heavy (non-hydrogen) atoms. The molecule has 0 bridgehead atoms. The Bertz CT molecular complexity index is 619. The van der Waals surface area contributed by atoms with Gasteiger partial charge in [-0.15, -0.1) is 0 Å². The standard InChI is InChI=1S/C15H16N2O4/c1-9-14(19)16-13(15(20)17(9)10(2)18)8-11-4-6-12(21-3)7-5-11/h4-9H,1-3H3,(H,16,19)/b13-8-. The summed E-state index contributed by atoms with van der Waals surface area (Å²) in [5.74, 6) is -0.659. The number of benzene rings is 1. The highest BCUT2D eigenvalue weighted by Crippen LogP contribution is 2.17. The predicted octanol–water partition coefficient (Wildman–Crippen LogP) is 0.929. The van der Waals surface area contributed by atoms with Crippen molar-refractivity contribution in [1.82, 2.24) is 10.2 Å². The van der Waals surface area contributed by atoms with Crippen LogP contribution in [0.25, 0.3) is 6.08 Å². The quantitative estimate of drug-likeness (QED) is 0.821. The third kappa shape index (κ3) is 2.94. The zero-order chi connectivity index (χ0) is 15.6. The summed E-state index contributed by atoms with van der Waals surface area (Å²) in [5.41, 5.74) is 0.802. The molecule has 6 nitrogen and oxygen atoms in total. The molecule has 1 atom stereocenters. The zero-order valence-corrected chi connectivity index (χ0v) is 12.0. The van der Waals surface area contributed by atoms with E-state index in [1.807, 2.05) is 0 Å². The van der Waals surface area contributed by atoms with E-state index >= 15 is 0 Å². The molecule has 0 spiro atoms. The first-order valence-corrected chi connectivity index (χ1v) is 6.44. The first-order chi connectivity index (χ1) is 9.93. The van der Waals surface area contributed by atoms with E-state index in [2.05, 4.69) is 5.32 Å². The third-order valence-electron chi connectivity index (χ3n) is 3.24. The average Bonchev–Trinajstić information content (AvgIpc) is 2.45. The summed E-state index contributed by atoms with van der Waals surface area (Å²) >= 11 is 0. The average molecular weight is 288 g/mol. The van der Waals surface area contributed by atoms with Gasteiger partial charge in [0.25, 0.3) is 5.91 Å². The Labute approximate surface area is 122 Å². The number of rotatable bonds is 2. The summed E-state index contributed by atoms with van der Waals surface area (Å²) in [6.45, 7) is 2.77. The molecule has 1 aliphatic heterocycles. The van der Waals surface area contributed by atoms with Gasteiger partial charge in [0.2, 0.25) is 11.8 Å².